The number of carbonyl (C=O) groups excluding carboxylic acids is 1. The van der Waals surface area contributed by atoms with Crippen LogP contribution in [-0.4, -0.2) is 33.2 Å². The Morgan fingerprint density at radius 2 is 2.40 bits per heavy atom. The lowest BCUT2D eigenvalue weighted by atomic mass is 10.3. The van der Waals surface area contributed by atoms with Gasteiger partial charge in [-0.2, -0.15) is 0 Å². The zero-order valence-corrected chi connectivity index (χ0v) is 9.56. The number of anilines is 1. The van der Waals surface area contributed by atoms with E-state index in [1.807, 2.05) is 6.92 Å². The van der Waals surface area contributed by atoms with Crippen LogP contribution < -0.4 is 11.1 Å². The maximum absolute atomic E-state index is 11.6. The summed E-state index contributed by atoms with van der Waals surface area (Å²) in [5.41, 5.74) is 6.41. The summed E-state index contributed by atoms with van der Waals surface area (Å²) in [7, 11) is -0.913. The highest BCUT2D eigenvalue weighted by atomic mass is 32.2. The summed E-state index contributed by atoms with van der Waals surface area (Å²) in [5, 5.41) is 2.72. The predicted molar refractivity (Wildman–Crippen MR) is 61.1 cm³/mol. The molecule has 1 heterocycles. The Morgan fingerprint density at radius 1 is 1.73 bits per heavy atom. The molecule has 1 aromatic rings. The third-order valence-corrected chi connectivity index (χ3v) is 2.78. The van der Waals surface area contributed by atoms with Crippen molar-refractivity contribution in [3.05, 3.63) is 18.0 Å². The van der Waals surface area contributed by atoms with Crippen LogP contribution in [0.1, 0.15) is 17.4 Å². The van der Waals surface area contributed by atoms with Crippen molar-refractivity contribution in [3.8, 4) is 0 Å². The van der Waals surface area contributed by atoms with Crippen molar-refractivity contribution in [2.45, 2.75) is 13.0 Å². The number of aromatic amines is 1. The fourth-order valence-corrected chi connectivity index (χ4v) is 2.02. The first-order valence-corrected chi connectivity index (χ1v) is 6.26. The van der Waals surface area contributed by atoms with Crippen molar-refractivity contribution >= 4 is 22.4 Å². The molecule has 1 rings (SSSR count). The van der Waals surface area contributed by atoms with Crippen LogP contribution in [-0.2, 0) is 10.8 Å². The fourth-order valence-electron chi connectivity index (χ4n) is 1.24. The van der Waals surface area contributed by atoms with Gasteiger partial charge in [-0.3, -0.25) is 9.00 Å². The van der Waals surface area contributed by atoms with Gasteiger partial charge in [0.25, 0.3) is 5.91 Å². The summed E-state index contributed by atoms with van der Waals surface area (Å²) >= 11 is 0. The second kappa shape index (κ2) is 4.97. The number of rotatable bonds is 4. The van der Waals surface area contributed by atoms with Gasteiger partial charge < -0.3 is 16.0 Å². The van der Waals surface area contributed by atoms with Crippen LogP contribution in [0.25, 0.3) is 0 Å². The van der Waals surface area contributed by atoms with Crippen molar-refractivity contribution < 1.29 is 9.00 Å². The van der Waals surface area contributed by atoms with E-state index in [1.165, 1.54) is 0 Å². The lowest BCUT2D eigenvalue weighted by Crippen LogP contribution is -2.36. The number of nitrogens with one attached hydrogen (secondary N) is 2. The van der Waals surface area contributed by atoms with Gasteiger partial charge in [0.2, 0.25) is 0 Å². The summed E-state index contributed by atoms with van der Waals surface area (Å²) in [4.78, 5) is 14.3. The molecule has 0 spiro atoms. The maximum Gasteiger partial charge on any atom is 0.268 e. The molecule has 0 saturated heterocycles. The standard InChI is InChI=1S/C9H15N3O2S/c1-6(5-15(2)14)12-9(13)8-3-7(10)4-11-8/h3-4,6,11H,5,10H2,1-2H3,(H,12,13). The van der Waals surface area contributed by atoms with E-state index in [0.29, 0.717) is 17.1 Å². The molecule has 0 aliphatic carbocycles. The van der Waals surface area contributed by atoms with Crippen molar-refractivity contribution in [1.29, 1.82) is 0 Å². The monoisotopic (exact) mass is 229 g/mol. The Balaban J connectivity index is 2.52. The maximum atomic E-state index is 11.6. The van der Waals surface area contributed by atoms with Gasteiger partial charge >= 0.3 is 0 Å². The summed E-state index contributed by atoms with van der Waals surface area (Å²) in [6.07, 6.45) is 3.16. The average molecular weight is 229 g/mol. The fraction of sp³-hybridized carbons (Fsp3) is 0.444. The highest BCUT2D eigenvalue weighted by Crippen LogP contribution is 2.04. The number of H-pyrrole nitrogens is 1. The quantitative estimate of drug-likeness (QED) is 0.684. The molecule has 5 nitrogen and oxygen atoms in total. The molecule has 1 aromatic heterocycles. The molecule has 6 heteroatoms. The van der Waals surface area contributed by atoms with E-state index in [2.05, 4.69) is 10.3 Å². The number of carbonyl (C=O) groups is 1. The molecule has 0 aromatic carbocycles. The van der Waals surface area contributed by atoms with E-state index in [9.17, 15) is 9.00 Å². The molecule has 0 radical (unpaired) electrons. The van der Waals surface area contributed by atoms with Gasteiger partial charge in [-0.25, -0.2) is 0 Å². The minimum atomic E-state index is -0.913. The minimum Gasteiger partial charge on any atom is -0.397 e. The van der Waals surface area contributed by atoms with E-state index >= 15 is 0 Å². The third-order valence-electron chi connectivity index (χ3n) is 1.81. The predicted octanol–water partition coefficient (Wildman–Crippen LogP) is 0.0937. The summed E-state index contributed by atoms with van der Waals surface area (Å²) in [6, 6.07) is 1.44. The van der Waals surface area contributed by atoms with Gasteiger partial charge in [0.15, 0.2) is 0 Å². The molecular weight excluding hydrogens is 214 g/mol. The van der Waals surface area contributed by atoms with Gasteiger partial charge in [0.05, 0.1) is 0 Å². The third kappa shape index (κ3) is 3.75. The lowest BCUT2D eigenvalue weighted by Gasteiger charge is -2.11. The van der Waals surface area contributed by atoms with E-state index in [-0.39, 0.29) is 11.9 Å². The summed E-state index contributed by atoms with van der Waals surface area (Å²) in [6.45, 7) is 1.81. The van der Waals surface area contributed by atoms with Crippen LogP contribution in [0.2, 0.25) is 0 Å². The number of amides is 1. The smallest absolute Gasteiger partial charge is 0.268 e. The van der Waals surface area contributed by atoms with Gasteiger partial charge in [0, 0.05) is 40.7 Å². The number of aromatic nitrogens is 1. The Morgan fingerprint density at radius 3 is 2.87 bits per heavy atom. The van der Waals surface area contributed by atoms with Crippen LogP contribution in [0.3, 0.4) is 0 Å². The second-order valence-corrected chi connectivity index (χ2v) is 4.94. The molecule has 0 saturated carbocycles. The first-order chi connectivity index (χ1) is 6.99. The molecule has 4 N–H and O–H groups in total. The second-order valence-electron chi connectivity index (χ2n) is 3.46. The molecule has 0 aliphatic heterocycles. The minimum absolute atomic E-state index is 0.118. The Kier molecular flexibility index (Phi) is 3.90. The molecule has 2 unspecified atom stereocenters. The number of nitrogens with two attached hydrogens (primary N) is 1. The molecule has 2 atom stereocenters. The van der Waals surface area contributed by atoms with Crippen LogP contribution in [0.4, 0.5) is 5.69 Å². The first-order valence-electron chi connectivity index (χ1n) is 4.54. The molecule has 0 bridgehead atoms. The molecule has 0 aliphatic rings. The van der Waals surface area contributed by atoms with Crippen molar-refractivity contribution in [2.75, 3.05) is 17.7 Å². The number of hydrogen-bond acceptors (Lipinski definition) is 3. The zero-order valence-electron chi connectivity index (χ0n) is 8.74. The van der Waals surface area contributed by atoms with Crippen LogP contribution in [0.15, 0.2) is 12.3 Å². The van der Waals surface area contributed by atoms with Crippen LogP contribution in [0.5, 0.6) is 0 Å². The molecule has 1 amide bonds. The largest absolute Gasteiger partial charge is 0.397 e. The van der Waals surface area contributed by atoms with Gasteiger partial charge in [-0.15, -0.1) is 0 Å². The van der Waals surface area contributed by atoms with Crippen LogP contribution >= 0.6 is 0 Å². The Labute approximate surface area is 90.9 Å². The molecular formula is C9H15N3O2S. The van der Waals surface area contributed by atoms with Gasteiger partial charge in [0.1, 0.15) is 5.69 Å². The number of nitrogen functional groups attached to an aromatic ring is 1. The molecule has 84 valence electrons. The van der Waals surface area contributed by atoms with Crippen molar-refractivity contribution in [2.24, 2.45) is 0 Å². The zero-order chi connectivity index (χ0) is 11.4. The van der Waals surface area contributed by atoms with Gasteiger partial charge in [-0.05, 0) is 13.0 Å². The average Bonchev–Trinajstić information content (AvgIpc) is 2.49. The summed E-state index contributed by atoms with van der Waals surface area (Å²) < 4.78 is 10.9. The topological polar surface area (TPSA) is 88.0 Å². The van der Waals surface area contributed by atoms with Crippen LogP contribution in [0, 0.1) is 0 Å². The lowest BCUT2D eigenvalue weighted by molar-refractivity contribution is 0.0939. The SMILES string of the molecule is CC(CS(C)=O)NC(=O)c1cc(N)c[nH]1. The van der Waals surface area contributed by atoms with E-state index in [0.717, 1.165) is 0 Å². The number of hydrogen-bond donors (Lipinski definition) is 3. The summed E-state index contributed by atoms with van der Waals surface area (Å²) in [5.74, 6) is 0.215. The van der Waals surface area contributed by atoms with Gasteiger partial charge in [-0.1, -0.05) is 0 Å². The Bertz CT molecular complexity index is 375. The van der Waals surface area contributed by atoms with E-state index in [4.69, 9.17) is 5.73 Å². The molecule has 0 fully saturated rings. The van der Waals surface area contributed by atoms with Crippen molar-refractivity contribution in [1.82, 2.24) is 10.3 Å². The normalized spacial score (nSPS) is 14.5. The van der Waals surface area contributed by atoms with Crippen molar-refractivity contribution in [3.63, 3.8) is 0 Å². The molecule has 15 heavy (non-hydrogen) atoms. The highest BCUT2D eigenvalue weighted by molar-refractivity contribution is 7.84. The van der Waals surface area contributed by atoms with E-state index in [1.54, 1.807) is 18.5 Å². The highest BCUT2D eigenvalue weighted by Gasteiger charge is 2.11. The Hall–Kier alpha value is -1.30. The first kappa shape index (κ1) is 11.8. The van der Waals surface area contributed by atoms with E-state index < -0.39 is 10.8 Å².